The molecule has 0 aromatic heterocycles. The predicted octanol–water partition coefficient (Wildman–Crippen LogP) is 2.35. The zero-order valence-electron chi connectivity index (χ0n) is 7.25. The number of benzene rings is 1. The summed E-state index contributed by atoms with van der Waals surface area (Å²) in [5.74, 6) is -1.15. The molecule has 0 saturated heterocycles. The Balaban J connectivity index is 3.21. The van der Waals surface area contributed by atoms with Gasteiger partial charge in [-0.1, -0.05) is 23.2 Å². The van der Waals surface area contributed by atoms with Gasteiger partial charge in [0, 0.05) is 0 Å². The molecule has 0 radical (unpaired) electrons. The fourth-order valence-electron chi connectivity index (χ4n) is 0.944. The van der Waals surface area contributed by atoms with E-state index >= 15 is 0 Å². The van der Waals surface area contributed by atoms with E-state index in [0.717, 1.165) is 0 Å². The number of rotatable bonds is 2. The monoisotopic (exact) mass is 264 g/mol. The molecule has 0 amide bonds. The number of carboxylic acids is 1. The van der Waals surface area contributed by atoms with E-state index in [4.69, 9.17) is 34.0 Å². The highest BCUT2D eigenvalue weighted by Gasteiger charge is 2.14. The lowest BCUT2D eigenvalue weighted by Crippen LogP contribution is -2.19. The van der Waals surface area contributed by atoms with Crippen LogP contribution in [0.25, 0.3) is 0 Å². The van der Waals surface area contributed by atoms with Gasteiger partial charge in [-0.05, 0) is 24.4 Å². The second kappa shape index (κ2) is 4.65. The number of aromatic carboxylic acids is 1. The average molecular weight is 265 g/mol. The Bertz CT molecular complexity index is 437. The van der Waals surface area contributed by atoms with Crippen molar-refractivity contribution < 1.29 is 9.90 Å². The summed E-state index contributed by atoms with van der Waals surface area (Å²) in [6, 6.07) is 2.76. The summed E-state index contributed by atoms with van der Waals surface area (Å²) < 4.78 is 0. The Kier molecular flexibility index (Phi) is 3.73. The van der Waals surface area contributed by atoms with Gasteiger partial charge in [0.15, 0.2) is 5.11 Å². The van der Waals surface area contributed by atoms with Crippen LogP contribution in [0.3, 0.4) is 0 Å². The third-order valence-electron chi connectivity index (χ3n) is 1.57. The maximum atomic E-state index is 10.7. The van der Waals surface area contributed by atoms with Crippen molar-refractivity contribution in [1.82, 2.24) is 0 Å². The largest absolute Gasteiger partial charge is 0.478 e. The molecule has 1 aromatic rings. The van der Waals surface area contributed by atoms with Crippen LogP contribution in [0, 0.1) is 0 Å². The molecule has 80 valence electrons. The average Bonchev–Trinajstić information content (AvgIpc) is 2.12. The summed E-state index contributed by atoms with van der Waals surface area (Å²) in [6.07, 6.45) is 0. The van der Waals surface area contributed by atoms with E-state index in [1.54, 1.807) is 0 Å². The van der Waals surface area contributed by atoms with Gasteiger partial charge < -0.3 is 16.2 Å². The van der Waals surface area contributed by atoms with Crippen molar-refractivity contribution in [3.05, 3.63) is 27.7 Å². The van der Waals surface area contributed by atoms with Crippen molar-refractivity contribution in [3.63, 3.8) is 0 Å². The van der Waals surface area contributed by atoms with Crippen molar-refractivity contribution in [2.45, 2.75) is 0 Å². The summed E-state index contributed by atoms with van der Waals surface area (Å²) >= 11 is 16.2. The van der Waals surface area contributed by atoms with Gasteiger partial charge in [0.05, 0.1) is 21.3 Å². The van der Waals surface area contributed by atoms with Crippen molar-refractivity contribution in [3.8, 4) is 0 Å². The SMILES string of the molecule is NC(=S)Nc1ccc(C(=O)O)c(Cl)c1Cl. The number of thiocarbonyl (C=S) groups is 1. The number of halogens is 2. The quantitative estimate of drug-likeness (QED) is 0.715. The van der Waals surface area contributed by atoms with Gasteiger partial charge in [-0.3, -0.25) is 0 Å². The zero-order valence-corrected chi connectivity index (χ0v) is 9.58. The van der Waals surface area contributed by atoms with E-state index in [0.29, 0.717) is 5.69 Å². The fourth-order valence-corrected chi connectivity index (χ4v) is 1.51. The second-order valence-electron chi connectivity index (χ2n) is 2.58. The molecular weight excluding hydrogens is 259 g/mol. The van der Waals surface area contributed by atoms with Crippen molar-refractivity contribution in [2.24, 2.45) is 5.73 Å². The van der Waals surface area contributed by atoms with Crippen LogP contribution in [0.1, 0.15) is 10.4 Å². The minimum absolute atomic E-state index is 0.0241. The first-order valence-electron chi connectivity index (χ1n) is 3.71. The number of nitrogens with two attached hydrogens (primary N) is 1. The Morgan fingerprint density at radius 3 is 2.47 bits per heavy atom. The number of carbonyl (C=O) groups is 1. The molecule has 0 bridgehead atoms. The summed E-state index contributed by atoms with van der Waals surface area (Å²) in [4.78, 5) is 10.7. The Labute approximate surface area is 101 Å². The van der Waals surface area contributed by atoms with Crippen LogP contribution in [0.4, 0.5) is 5.69 Å². The number of nitrogens with one attached hydrogen (secondary N) is 1. The molecule has 0 atom stereocenters. The van der Waals surface area contributed by atoms with Gasteiger partial charge >= 0.3 is 5.97 Å². The molecule has 0 saturated carbocycles. The molecule has 0 spiro atoms. The van der Waals surface area contributed by atoms with E-state index in [9.17, 15) is 4.79 Å². The molecular formula is C8H6Cl2N2O2S. The molecule has 4 N–H and O–H groups in total. The van der Waals surface area contributed by atoms with Crippen LogP contribution in [0.5, 0.6) is 0 Å². The standard InChI is InChI=1S/C8H6Cl2N2O2S/c9-5-3(7(13)14)1-2-4(6(5)10)12-8(11)15/h1-2H,(H,13,14)(H3,11,12,15). The smallest absolute Gasteiger partial charge is 0.337 e. The first-order chi connectivity index (χ1) is 6.93. The van der Waals surface area contributed by atoms with E-state index in [-0.39, 0.29) is 20.7 Å². The van der Waals surface area contributed by atoms with Crippen LogP contribution in [-0.2, 0) is 0 Å². The highest BCUT2D eigenvalue weighted by Crippen LogP contribution is 2.32. The predicted molar refractivity (Wildman–Crippen MR) is 63.8 cm³/mol. The molecule has 0 aliphatic rings. The highest BCUT2D eigenvalue weighted by atomic mass is 35.5. The third-order valence-corrected chi connectivity index (χ3v) is 2.55. The van der Waals surface area contributed by atoms with Gasteiger partial charge in [-0.2, -0.15) is 0 Å². The lowest BCUT2D eigenvalue weighted by Gasteiger charge is -2.08. The molecule has 0 aliphatic carbocycles. The molecule has 4 nitrogen and oxygen atoms in total. The molecule has 0 unspecified atom stereocenters. The second-order valence-corrected chi connectivity index (χ2v) is 3.78. The number of hydrogen-bond donors (Lipinski definition) is 3. The number of hydrogen-bond acceptors (Lipinski definition) is 2. The first-order valence-corrected chi connectivity index (χ1v) is 4.87. The van der Waals surface area contributed by atoms with Crippen LogP contribution in [0.2, 0.25) is 10.0 Å². The Morgan fingerprint density at radius 2 is 2.00 bits per heavy atom. The summed E-state index contributed by atoms with van der Waals surface area (Å²) in [5.41, 5.74) is 5.54. The third kappa shape index (κ3) is 2.71. The summed E-state index contributed by atoms with van der Waals surface area (Å²) in [6.45, 7) is 0. The van der Waals surface area contributed by atoms with Crippen LogP contribution < -0.4 is 11.1 Å². The molecule has 1 aromatic carbocycles. The lowest BCUT2D eigenvalue weighted by atomic mass is 10.2. The zero-order chi connectivity index (χ0) is 11.6. The van der Waals surface area contributed by atoms with Crippen molar-refractivity contribution in [2.75, 3.05) is 5.32 Å². The summed E-state index contributed by atoms with van der Waals surface area (Å²) in [7, 11) is 0. The maximum Gasteiger partial charge on any atom is 0.337 e. The Morgan fingerprint density at radius 1 is 1.40 bits per heavy atom. The van der Waals surface area contributed by atoms with Gasteiger partial charge in [0.2, 0.25) is 0 Å². The minimum atomic E-state index is -1.15. The van der Waals surface area contributed by atoms with Gasteiger partial charge in [0.25, 0.3) is 0 Å². The highest BCUT2D eigenvalue weighted by molar-refractivity contribution is 7.80. The number of anilines is 1. The van der Waals surface area contributed by atoms with E-state index < -0.39 is 5.97 Å². The van der Waals surface area contributed by atoms with Gasteiger partial charge in [-0.15, -0.1) is 0 Å². The minimum Gasteiger partial charge on any atom is -0.478 e. The van der Waals surface area contributed by atoms with Crippen LogP contribution in [-0.4, -0.2) is 16.2 Å². The normalized spacial score (nSPS) is 9.73. The topological polar surface area (TPSA) is 75.3 Å². The molecule has 7 heteroatoms. The van der Waals surface area contributed by atoms with Crippen molar-refractivity contribution >= 4 is 52.2 Å². The van der Waals surface area contributed by atoms with Crippen LogP contribution >= 0.6 is 35.4 Å². The number of carboxylic acid groups (broad SMARTS) is 1. The first kappa shape index (κ1) is 12.0. The molecule has 0 aliphatic heterocycles. The fraction of sp³-hybridized carbons (Fsp3) is 0. The van der Waals surface area contributed by atoms with E-state index in [2.05, 4.69) is 17.5 Å². The van der Waals surface area contributed by atoms with Gasteiger partial charge in [0.1, 0.15) is 0 Å². The maximum absolute atomic E-state index is 10.7. The van der Waals surface area contributed by atoms with Crippen molar-refractivity contribution in [1.29, 1.82) is 0 Å². The van der Waals surface area contributed by atoms with E-state index in [1.165, 1.54) is 12.1 Å². The summed E-state index contributed by atoms with van der Waals surface area (Å²) in [5, 5.41) is 11.4. The Hall–Kier alpha value is -1.04. The lowest BCUT2D eigenvalue weighted by molar-refractivity contribution is 0.0697. The van der Waals surface area contributed by atoms with Crippen LogP contribution in [0.15, 0.2) is 12.1 Å². The molecule has 0 fully saturated rings. The molecule has 15 heavy (non-hydrogen) atoms. The molecule has 1 rings (SSSR count). The van der Waals surface area contributed by atoms with E-state index in [1.807, 2.05) is 0 Å². The van der Waals surface area contributed by atoms with Gasteiger partial charge in [-0.25, -0.2) is 4.79 Å². The molecule has 0 heterocycles.